The van der Waals surface area contributed by atoms with E-state index in [4.69, 9.17) is 15.9 Å². The number of nitrogens with two attached hydrogens (primary N) is 1. The minimum absolute atomic E-state index is 0.0812. The molecule has 0 bridgehead atoms. The van der Waals surface area contributed by atoms with Gasteiger partial charge in [0.25, 0.3) is 0 Å². The average Bonchev–Trinajstić information content (AvgIpc) is 2.14. The van der Waals surface area contributed by atoms with Crippen LogP contribution in [0.3, 0.4) is 0 Å². The molecule has 0 heterocycles. The summed E-state index contributed by atoms with van der Waals surface area (Å²) in [6.45, 7) is 0. The Morgan fingerprint density at radius 1 is 1.35 bits per heavy atom. The van der Waals surface area contributed by atoms with Gasteiger partial charge in [-0.3, -0.25) is 0 Å². The van der Waals surface area contributed by atoms with Gasteiger partial charge in [-0.15, -0.1) is 0 Å². The smallest absolute Gasteiger partial charge is 0.416 e. The van der Waals surface area contributed by atoms with Crippen LogP contribution in [0.2, 0.25) is 0 Å². The topological polar surface area (TPSA) is 83.5 Å². The summed E-state index contributed by atoms with van der Waals surface area (Å²) < 4.78 is 50.0. The molecule has 1 atom stereocenters. The number of carboxylic acid groups (broad SMARTS) is 1. The second-order valence-corrected chi connectivity index (χ2v) is 3.20. The SMILES string of the molecule is Nc1cc(C(F)(F)F)cc(F)c1C(O)C(=O)O. The number of hydrogen-bond acceptors (Lipinski definition) is 3. The number of rotatable bonds is 2. The monoisotopic (exact) mass is 253 g/mol. The van der Waals surface area contributed by atoms with Gasteiger partial charge < -0.3 is 15.9 Å². The van der Waals surface area contributed by atoms with Crippen molar-refractivity contribution < 1.29 is 32.6 Å². The van der Waals surface area contributed by atoms with Crippen LogP contribution in [-0.2, 0) is 11.0 Å². The first-order chi connectivity index (χ1) is 7.64. The van der Waals surface area contributed by atoms with E-state index in [9.17, 15) is 22.4 Å². The fraction of sp³-hybridized carbons (Fsp3) is 0.222. The van der Waals surface area contributed by atoms with E-state index in [2.05, 4.69) is 0 Å². The van der Waals surface area contributed by atoms with Gasteiger partial charge in [-0.25, -0.2) is 9.18 Å². The molecule has 1 rings (SSSR count). The Balaban J connectivity index is 3.34. The summed E-state index contributed by atoms with van der Waals surface area (Å²) in [5, 5.41) is 17.5. The second-order valence-electron chi connectivity index (χ2n) is 3.20. The Bertz CT molecular complexity index is 435. The Morgan fingerprint density at radius 3 is 2.24 bits per heavy atom. The van der Waals surface area contributed by atoms with Crippen LogP contribution in [0.15, 0.2) is 12.1 Å². The maximum Gasteiger partial charge on any atom is 0.416 e. The Labute approximate surface area is 92.3 Å². The molecule has 0 aliphatic rings. The van der Waals surface area contributed by atoms with Gasteiger partial charge in [0.2, 0.25) is 0 Å². The Morgan fingerprint density at radius 2 is 1.88 bits per heavy atom. The molecule has 8 heteroatoms. The first-order valence-corrected chi connectivity index (χ1v) is 4.21. The maximum atomic E-state index is 13.2. The number of carbonyl (C=O) groups is 1. The highest BCUT2D eigenvalue weighted by Gasteiger charge is 2.33. The highest BCUT2D eigenvalue weighted by Crippen LogP contribution is 2.34. The average molecular weight is 253 g/mol. The van der Waals surface area contributed by atoms with Crippen LogP contribution in [0.25, 0.3) is 0 Å². The molecule has 0 amide bonds. The molecule has 0 fully saturated rings. The summed E-state index contributed by atoms with van der Waals surface area (Å²) in [4.78, 5) is 10.4. The molecule has 1 aromatic carbocycles. The van der Waals surface area contributed by atoms with Gasteiger partial charge in [-0.1, -0.05) is 0 Å². The zero-order valence-electron chi connectivity index (χ0n) is 8.12. The molecule has 0 aromatic heterocycles. The van der Waals surface area contributed by atoms with E-state index in [1.54, 1.807) is 0 Å². The molecule has 94 valence electrons. The quantitative estimate of drug-likeness (QED) is 0.551. The van der Waals surface area contributed by atoms with Crippen molar-refractivity contribution in [1.29, 1.82) is 0 Å². The van der Waals surface area contributed by atoms with Crippen LogP contribution >= 0.6 is 0 Å². The standard InChI is InChI=1S/C9H7F4NO3/c10-4-1-3(9(11,12)13)2-5(14)6(4)7(15)8(16)17/h1-2,7,15H,14H2,(H,16,17). The van der Waals surface area contributed by atoms with Crippen molar-refractivity contribution in [3.8, 4) is 0 Å². The van der Waals surface area contributed by atoms with E-state index in [-0.39, 0.29) is 6.07 Å². The van der Waals surface area contributed by atoms with Gasteiger partial charge in [0.05, 0.1) is 11.1 Å². The number of hydrogen-bond donors (Lipinski definition) is 3. The fourth-order valence-corrected chi connectivity index (χ4v) is 1.21. The number of nitrogen functional groups attached to an aromatic ring is 1. The molecular weight excluding hydrogens is 246 g/mol. The predicted octanol–water partition coefficient (Wildman–Crippen LogP) is 1.54. The Hall–Kier alpha value is -1.83. The molecule has 0 saturated heterocycles. The highest BCUT2D eigenvalue weighted by atomic mass is 19.4. The van der Waals surface area contributed by atoms with Crippen molar-refractivity contribution in [3.63, 3.8) is 0 Å². The Kier molecular flexibility index (Phi) is 3.28. The molecule has 0 aliphatic heterocycles. The number of anilines is 1. The van der Waals surface area contributed by atoms with Crippen molar-refractivity contribution in [1.82, 2.24) is 0 Å². The molecule has 1 aromatic rings. The van der Waals surface area contributed by atoms with Crippen molar-refractivity contribution in [3.05, 3.63) is 29.1 Å². The molecule has 4 nitrogen and oxygen atoms in total. The molecule has 1 unspecified atom stereocenters. The van der Waals surface area contributed by atoms with E-state index in [1.807, 2.05) is 0 Å². The van der Waals surface area contributed by atoms with Crippen molar-refractivity contribution in [2.24, 2.45) is 0 Å². The van der Waals surface area contributed by atoms with E-state index in [0.717, 1.165) is 0 Å². The number of benzene rings is 1. The van der Waals surface area contributed by atoms with E-state index in [1.165, 1.54) is 0 Å². The molecule has 0 radical (unpaired) electrons. The lowest BCUT2D eigenvalue weighted by molar-refractivity contribution is -0.147. The highest BCUT2D eigenvalue weighted by molar-refractivity contribution is 5.77. The molecule has 17 heavy (non-hydrogen) atoms. The number of aliphatic carboxylic acids is 1. The van der Waals surface area contributed by atoms with Crippen molar-refractivity contribution in [2.75, 3.05) is 5.73 Å². The number of alkyl halides is 3. The summed E-state index contributed by atoms with van der Waals surface area (Å²) in [5.74, 6) is -3.33. The fourth-order valence-electron chi connectivity index (χ4n) is 1.21. The number of aliphatic hydroxyl groups is 1. The minimum Gasteiger partial charge on any atom is -0.479 e. The van der Waals surface area contributed by atoms with E-state index >= 15 is 0 Å². The van der Waals surface area contributed by atoms with Gasteiger partial charge in [-0.05, 0) is 12.1 Å². The molecule has 4 N–H and O–H groups in total. The summed E-state index contributed by atoms with van der Waals surface area (Å²) >= 11 is 0. The minimum atomic E-state index is -4.80. The number of halogens is 4. The lowest BCUT2D eigenvalue weighted by Gasteiger charge is -2.14. The van der Waals surface area contributed by atoms with Gasteiger partial charge >= 0.3 is 12.1 Å². The number of carboxylic acids is 1. The summed E-state index contributed by atoms with van der Waals surface area (Å²) in [6.07, 6.45) is -7.11. The van der Waals surface area contributed by atoms with Crippen LogP contribution in [0, 0.1) is 5.82 Å². The normalized spacial score (nSPS) is 13.5. The van der Waals surface area contributed by atoms with Gasteiger partial charge in [0.1, 0.15) is 5.82 Å². The lowest BCUT2D eigenvalue weighted by Crippen LogP contribution is -2.16. The summed E-state index contributed by atoms with van der Waals surface area (Å²) in [6, 6.07) is 0.447. The van der Waals surface area contributed by atoms with Gasteiger partial charge in [-0.2, -0.15) is 13.2 Å². The van der Waals surface area contributed by atoms with Crippen LogP contribution < -0.4 is 5.73 Å². The first-order valence-electron chi connectivity index (χ1n) is 4.21. The largest absolute Gasteiger partial charge is 0.479 e. The van der Waals surface area contributed by atoms with Crippen molar-refractivity contribution in [2.45, 2.75) is 12.3 Å². The third kappa shape index (κ3) is 2.64. The van der Waals surface area contributed by atoms with Gasteiger partial charge in [0, 0.05) is 5.69 Å². The van der Waals surface area contributed by atoms with E-state index in [0.29, 0.717) is 6.07 Å². The third-order valence-electron chi connectivity index (χ3n) is 2.00. The van der Waals surface area contributed by atoms with E-state index < -0.39 is 40.9 Å². The second kappa shape index (κ2) is 4.21. The summed E-state index contributed by atoms with van der Waals surface area (Å²) in [7, 11) is 0. The first kappa shape index (κ1) is 13.2. The molecular formula is C9H7F4NO3. The molecule has 0 aliphatic carbocycles. The molecule has 0 spiro atoms. The predicted molar refractivity (Wildman–Crippen MR) is 48.4 cm³/mol. The van der Waals surface area contributed by atoms with Crippen LogP contribution in [0.4, 0.5) is 23.2 Å². The third-order valence-corrected chi connectivity index (χ3v) is 2.00. The van der Waals surface area contributed by atoms with Gasteiger partial charge in [0.15, 0.2) is 6.10 Å². The van der Waals surface area contributed by atoms with Crippen LogP contribution in [0.5, 0.6) is 0 Å². The molecule has 0 saturated carbocycles. The van der Waals surface area contributed by atoms with Crippen molar-refractivity contribution >= 4 is 11.7 Å². The maximum absolute atomic E-state index is 13.2. The summed E-state index contributed by atoms with van der Waals surface area (Å²) in [5.41, 5.74) is 2.09. The number of aliphatic hydroxyl groups excluding tert-OH is 1. The lowest BCUT2D eigenvalue weighted by atomic mass is 10.0. The van der Waals surface area contributed by atoms with Crippen LogP contribution in [0.1, 0.15) is 17.2 Å². The zero-order chi connectivity index (χ0) is 13.4. The zero-order valence-corrected chi connectivity index (χ0v) is 8.12. The van der Waals surface area contributed by atoms with Crippen LogP contribution in [-0.4, -0.2) is 16.2 Å².